The van der Waals surface area contributed by atoms with Crippen molar-refractivity contribution >= 4 is 33.4 Å². The highest BCUT2D eigenvalue weighted by Gasteiger charge is 2.28. The van der Waals surface area contributed by atoms with Crippen LogP contribution in [0, 0.1) is 5.41 Å². The van der Waals surface area contributed by atoms with Gasteiger partial charge in [0, 0.05) is 11.8 Å². The molecule has 2 rings (SSSR count). The molecule has 2 heterocycles. The van der Waals surface area contributed by atoms with Crippen LogP contribution in [0.5, 0.6) is 0 Å². The van der Waals surface area contributed by atoms with Crippen molar-refractivity contribution in [3.8, 4) is 0 Å². The Bertz CT molecular complexity index is 351. The largest absolute Gasteiger partial charge is 0.380 e. The van der Waals surface area contributed by atoms with E-state index in [4.69, 9.17) is 0 Å². The molecule has 0 saturated carbocycles. The molecule has 1 fully saturated rings. The molecule has 0 bridgehead atoms. The van der Waals surface area contributed by atoms with Gasteiger partial charge in [0.2, 0.25) is 0 Å². The van der Waals surface area contributed by atoms with Gasteiger partial charge in [-0.15, -0.1) is 0 Å². The van der Waals surface area contributed by atoms with E-state index in [1.54, 1.807) is 0 Å². The first-order valence-corrected chi connectivity index (χ1v) is 7.46. The third-order valence-electron chi connectivity index (χ3n) is 2.71. The average molecular weight is 301 g/mol. The van der Waals surface area contributed by atoms with Crippen molar-refractivity contribution in [3.63, 3.8) is 0 Å². The maximum absolute atomic E-state index is 4.23. The van der Waals surface area contributed by atoms with Gasteiger partial charge in [0.15, 0.2) is 0 Å². The third-order valence-corrected chi connectivity index (χ3v) is 4.80. The van der Waals surface area contributed by atoms with Crippen molar-refractivity contribution in [3.05, 3.63) is 22.9 Å². The van der Waals surface area contributed by atoms with Crippen molar-refractivity contribution in [2.75, 3.05) is 16.8 Å². The first-order chi connectivity index (χ1) is 7.55. The average Bonchev–Trinajstić information content (AvgIpc) is 2.20. The SMILES string of the molecule is CC1(C)CSCC(Nc2ccc(Br)nc2)C1. The summed E-state index contributed by atoms with van der Waals surface area (Å²) in [6, 6.07) is 4.61. The molecule has 1 atom stereocenters. The Morgan fingerprint density at radius 2 is 2.31 bits per heavy atom. The Morgan fingerprint density at radius 3 is 2.94 bits per heavy atom. The van der Waals surface area contributed by atoms with Gasteiger partial charge in [-0.1, -0.05) is 13.8 Å². The van der Waals surface area contributed by atoms with Crippen LogP contribution in [0.3, 0.4) is 0 Å². The predicted octanol–water partition coefficient (Wildman–Crippen LogP) is 3.79. The van der Waals surface area contributed by atoms with Crippen LogP contribution in [0.1, 0.15) is 20.3 Å². The van der Waals surface area contributed by atoms with Crippen LogP contribution >= 0.6 is 27.7 Å². The smallest absolute Gasteiger partial charge is 0.106 e. The maximum Gasteiger partial charge on any atom is 0.106 e. The van der Waals surface area contributed by atoms with Crippen LogP contribution in [0.2, 0.25) is 0 Å². The number of nitrogens with one attached hydrogen (secondary N) is 1. The van der Waals surface area contributed by atoms with Gasteiger partial charge in [0.1, 0.15) is 4.60 Å². The summed E-state index contributed by atoms with van der Waals surface area (Å²) in [5.74, 6) is 2.46. The lowest BCUT2D eigenvalue weighted by atomic mass is 9.88. The quantitative estimate of drug-likeness (QED) is 0.841. The zero-order valence-corrected chi connectivity index (χ0v) is 12.1. The number of hydrogen-bond acceptors (Lipinski definition) is 3. The Kier molecular flexibility index (Phi) is 3.80. The first kappa shape index (κ1) is 12.2. The minimum Gasteiger partial charge on any atom is -0.380 e. The molecule has 2 nitrogen and oxygen atoms in total. The summed E-state index contributed by atoms with van der Waals surface area (Å²) in [6.07, 6.45) is 3.12. The van der Waals surface area contributed by atoms with Gasteiger partial charge in [0.25, 0.3) is 0 Å². The summed E-state index contributed by atoms with van der Waals surface area (Å²) < 4.78 is 0.886. The molecule has 88 valence electrons. The molecule has 16 heavy (non-hydrogen) atoms. The molecule has 1 saturated heterocycles. The number of halogens is 1. The van der Waals surface area contributed by atoms with E-state index in [0.717, 1.165) is 10.3 Å². The fraction of sp³-hybridized carbons (Fsp3) is 0.583. The molecule has 1 unspecified atom stereocenters. The highest BCUT2D eigenvalue weighted by Crippen LogP contribution is 2.34. The molecule has 0 radical (unpaired) electrons. The van der Waals surface area contributed by atoms with E-state index in [-0.39, 0.29) is 0 Å². The third kappa shape index (κ3) is 3.39. The lowest BCUT2D eigenvalue weighted by Crippen LogP contribution is -2.35. The van der Waals surface area contributed by atoms with E-state index in [1.807, 2.05) is 24.0 Å². The van der Waals surface area contributed by atoms with Gasteiger partial charge in [0.05, 0.1) is 11.9 Å². The molecule has 0 aliphatic carbocycles. The molecular weight excluding hydrogens is 284 g/mol. The standard InChI is InChI=1S/C12H17BrN2S/c1-12(2)5-10(7-16-8-12)15-9-3-4-11(13)14-6-9/h3-4,6,10,15H,5,7-8H2,1-2H3. The Morgan fingerprint density at radius 1 is 1.50 bits per heavy atom. The second-order valence-electron chi connectivity index (χ2n) is 5.09. The Balaban J connectivity index is 1.97. The van der Waals surface area contributed by atoms with Crippen molar-refractivity contribution in [1.29, 1.82) is 0 Å². The van der Waals surface area contributed by atoms with Crippen LogP contribution in [-0.2, 0) is 0 Å². The maximum atomic E-state index is 4.23. The molecule has 0 aromatic carbocycles. The summed E-state index contributed by atoms with van der Waals surface area (Å²) >= 11 is 5.39. The van der Waals surface area contributed by atoms with Gasteiger partial charge in [-0.3, -0.25) is 0 Å². The van der Waals surface area contributed by atoms with Crippen molar-refractivity contribution < 1.29 is 0 Å². The van der Waals surface area contributed by atoms with Gasteiger partial charge in [-0.2, -0.15) is 11.8 Å². The molecular formula is C12H17BrN2S. The fourth-order valence-corrected chi connectivity index (χ4v) is 3.56. The van der Waals surface area contributed by atoms with E-state index >= 15 is 0 Å². The van der Waals surface area contributed by atoms with Crippen molar-refractivity contribution in [1.82, 2.24) is 4.98 Å². The summed E-state index contributed by atoms with van der Waals surface area (Å²) in [5.41, 5.74) is 1.56. The summed E-state index contributed by atoms with van der Waals surface area (Å²) in [5, 5.41) is 3.56. The van der Waals surface area contributed by atoms with Crippen LogP contribution < -0.4 is 5.32 Å². The number of thioether (sulfide) groups is 1. The van der Waals surface area contributed by atoms with Crippen LogP contribution in [0.4, 0.5) is 5.69 Å². The molecule has 1 aromatic rings. The number of pyridine rings is 1. The zero-order valence-electron chi connectivity index (χ0n) is 9.66. The number of rotatable bonds is 2. The summed E-state index contributed by atoms with van der Waals surface area (Å²) in [4.78, 5) is 4.23. The first-order valence-electron chi connectivity index (χ1n) is 5.51. The van der Waals surface area contributed by atoms with Gasteiger partial charge in [-0.05, 0) is 45.7 Å². The molecule has 1 aromatic heterocycles. The van der Waals surface area contributed by atoms with E-state index in [1.165, 1.54) is 17.9 Å². The number of anilines is 1. The monoisotopic (exact) mass is 300 g/mol. The molecule has 0 spiro atoms. The van der Waals surface area contributed by atoms with Crippen LogP contribution in [-0.4, -0.2) is 22.5 Å². The van der Waals surface area contributed by atoms with Gasteiger partial charge < -0.3 is 5.32 Å². The second-order valence-corrected chi connectivity index (χ2v) is 6.94. The summed E-state index contributed by atoms with van der Waals surface area (Å²) in [6.45, 7) is 4.68. The highest BCUT2D eigenvalue weighted by molar-refractivity contribution is 9.10. The number of hydrogen-bond donors (Lipinski definition) is 1. The second kappa shape index (κ2) is 4.96. The molecule has 4 heteroatoms. The molecule has 0 amide bonds. The highest BCUT2D eigenvalue weighted by atomic mass is 79.9. The van der Waals surface area contributed by atoms with E-state index < -0.39 is 0 Å². The van der Waals surface area contributed by atoms with Gasteiger partial charge in [-0.25, -0.2) is 4.98 Å². The molecule has 1 N–H and O–H groups in total. The minimum absolute atomic E-state index is 0.448. The molecule has 1 aliphatic rings. The van der Waals surface area contributed by atoms with Gasteiger partial charge >= 0.3 is 0 Å². The lowest BCUT2D eigenvalue weighted by Gasteiger charge is -2.35. The van der Waals surface area contributed by atoms with E-state index in [9.17, 15) is 0 Å². The van der Waals surface area contributed by atoms with E-state index in [2.05, 4.69) is 46.1 Å². The van der Waals surface area contributed by atoms with E-state index in [0.29, 0.717) is 11.5 Å². The summed E-state index contributed by atoms with van der Waals surface area (Å²) in [7, 11) is 0. The normalized spacial score (nSPS) is 24.1. The lowest BCUT2D eigenvalue weighted by molar-refractivity contribution is 0.358. The number of nitrogens with zero attached hydrogens (tertiary/aromatic N) is 1. The topological polar surface area (TPSA) is 24.9 Å². The van der Waals surface area contributed by atoms with Crippen molar-refractivity contribution in [2.24, 2.45) is 5.41 Å². The van der Waals surface area contributed by atoms with Crippen LogP contribution in [0.15, 0.2) is 22.9 Å². The number of aromatic nitrogens is 1. The minimum atomic E-state index is 0.448. The van der Waals surface area contributed by atoms with Crippen molar-refractivity contribution in [2.45, 2.75) is 26.3 Å². The molecule has 1 aliphatic heterocycles. The Hall–Kier alpha value is -0.220. The fourth-order valence-electron chi connectivity index (χ4n) is 2.05. The zero-order chi connectivity index (χ0) is 11.6. The predicted molar refractivity (Wildman–Crippen MR) is 75.1 cm³/mol. The van der Waals surface area contributed by atoms with Crippen LogP contribution in [0.25, 0.3) is 0 Å². The Labute approximate surface area is 110 Å².